The van der Waals surface area contributed by atoms with E-state index >= 15 is 0 Å². The summed E-state index contributed by atoms with van der Waals surface area (Å²) in [5, 5.41) is 12.9. The van der Waals surface area contributed by atoms with Crippen LogP contribution in [-0.4, -0.2) is 50.6 Å². The minimum atomic E-state index is -0.200. The minimum Gasteiger partial charge on any atom is -0.334 e. The van der Waals surface area contributed by atoms with Crippen molar-refractivity contribution in [1.29, 1.82) is 0 Å². The molecule has 1 aromatic heterocycles. The maximum atomic E-state index is 11.7. The standard InChI is InChI=1S/C7H12N6O/c8-5-2-1-3-13(4-5)7(14)6-9-11-12-10-6/h5H,1-4,8H2,(H,9,10,11,12)/t5-/m1/s1. The molecule has 1 saturated heterocycles. The molecule has 0 bridgehead atoms. The normalized spacial score (nSPS) is 22.4. The number of rotatable bonds is 1. The number of nitrogens with zero attached hydrogens (tertiary/aromatic N) is 4. The molecule has 0 saturated carbocycles. The van der Waals surface area contributed by atoms with Gasteiger partial charge in [0.15, 0.2) is 0 Å². The molecule has 1 amide bonds. The summed E-state index contributed by atoms with van der Waals surface area (Å²) >= 11 is 0. The van der Waals surface area contributed by atoms with Crippen LogP contribution in [0.25, 0.3) is 0 Å². The van der Waals surface area contributed by atoms with Gasteiger partial charge in [-0.05, 0) is 18.1 Å². The fourth-order valence-electron chi connectivity index (χ4n) is 1.59. The number of likely N-dealkylation sites (tertiary alicyclic amines) is 1. The van der Waals surface area contributed by atoms with Crippen molar-refractivity contribution in [3.8, 4) is 0 Å². The Morgan fingerprint density at radius 2 is 2.50 bits per heavy atom. The summed E-state index contributed by atoms with van der Waals surface area (Å²) in [6.07, 6.45) is 1.90. The Balaban J connectivity index is 2.04. The van der Waals surface area contributed by atoms with Gasteiger partial charge in [0, 0.05) is 19.1 Å². The number of carbonyl (C=O) groups is 1. The zero-order valence-electron chi connectivity index (χ0n) is 7.68. The molecule has 14 heavy (non-hydrogen) atoms. The second-order valence-corrected chi connectivity index (χ2v) is 3.39. The molecule has 0 radical (unpaired) electrons. The molecule has 0 aliphatic carbocycles. The lowest BCUT2D eigenvalue weighted by molar-refractivity contribution is 0.0696. The van der Waals surface area contributed by atoms with E-state index in [9.17, 15) is 4.79 Å². The smallest absolute Gasteiger partial charge is 0.295 e. The van der Waals surface area contributed by atoms with Crippen LogP contribution in [0.2, 0.25) is 0 Å². The third-order valence-electron chi connectivity index (χ3n) is 2.28. The molecular formula is C7H12N6O. The van der Waals surface area contributed by atoms with Gasteiger partial charge in [0.25, 0.3) is 11.7 Å². The molecule has 1 aliphatic rings. The zero-order chi connectivity index (χ0) is 9.97. The van der Waals surface area contributed by atoms with Gasteiger partial charge in [-0.3, -0.25) is 4.79 Å². The summed E-state index contributed by atoms with van der Waals surface area (Å²) in [6, 6.07) is 0.0691. The van der Waals surface area contributed by atoms with E-state index < -0.39 is 0 Å². The summed E-state index contributed by atoms with van der Waals surface area (Å²) < 4.78 is 0. The van der Waals surface area contributed by atoms with Crippen LogP contribution in [0.5, 0.6) is 0 Å². The number of tetrazole rings is 1. The van der Waals surface area contributed by atoms with E-state index in [4.69, 9.17) is 5.73 Å². The maximum absolute atomic E-state index is 11.7. The molecule has 1 atom stereocenters. The van der Waals surface area contributed by atoms with Crippen LogP contribution in [0, 0.1) is 0 Å². The van der Waals surface area contributed by atoms with E-state index in [-0.39, 0.29) is 17.8 Å². The number of hydrogen-bond acceptors (Lipinski definition) is 5. The second-order valence-electron chi connectivity index (χ2n) is 3.39. The number of carbonyl (C=O) groups excluding carboxylic acids is 1. The van der Waals surface area contributed by atoms with E-state index in [1.54, 1.807) is 4.90 Å². The number of aromatic amines is 1. The molecular weight excluding hydrogens is 184 g/mol. The van der Waals surface area contributed by atoms with Crippen molar-refractivity contribution >= 4 is 5.91 Å². The predicted octanol–water partition coefficient (Wildman–Crippen LogP) is -1.24. The van der Waals surface area contributed by atoms with Gasteiger partial charge in [-0.1, -0.05) is 0 Å². The highest BCUT2D eigenvalue weighted by Crippen LogP contribution is 2.09. The van der Waals surface area contributed by atoms with Crippen molar-refractivity contribution in [2.75, 3.05) is 13.1 Å². The number of piperidine rings is 1. The zero-order valence-corrected chi connectivity index (χ0v) is 7.68. The Hall–Kier alpha value is -1.50. The van der Waals surface area contributed by atoms with Crippen LogP contribution < -0.4 is 5.73 Å². The molecule has 7 heteroatoms. The summed E-state index contributed by atoms with van der Waals surface area (Å²) in [4.78, 5) is 13.4. The molecule has 0 aromatic carbocycles. The number of H-pyrrole nitrogens is 1. The average Bonchev–Trinajstić information content (AvgIpc) is 2.69. The lowest BCUT2D eigenvalue weighted by atomic mass is 10.1. The lowest BCUT2D eigenvalue weighted by Crippen LogP contribution is -2.46. The SMILES string of the molecule is N[C@@H]1CCCN(C(=O)c2nn[nH]n2)C1. The average molecular weight is 196 g/mol. The van der Waals surface area contributed by atoms with Crippen molar-refractivity contribution in [3.05, 3.63) is 5.82 Å². The fourth-order valence-corrected chi connectivity index (χ4v) is 1.59. The van der Waals surface area contributed by atoms with Crippen molar-refractivity contribution in [2.24, 2.45) is 5.73 Å². The highest BCUT2D eigenvalue weighted by Gasteiger charge is 2.24. The van der Waals surface area contributed by atoms with Crippen molar-refractivity contribution in [1.82, 2.24) is 25.5 Å². The molecule has 1 aromatic rings. The maximum Gasteiger partial charge on any atom is 0.295 e. The predicted molar refractivity (Wildman–Crippen MR) is 47.3 cm³/mol. The first-order chi connectivity index (χ1) is 6.77. The summed E-state index contributed by atoms with van der Waals surface area (Å²) in [5.41, 5.74) is 5.76. The van der Waals surface area contributed by atoms with Gasteiger partial charge < -0.3 is 10.6 Å². The molecule has 76 valence electrons. The number of nitrogens with one attached hydrogen (secondary N) is 1. The fraction of sp³-hybridized carbons (Fsp3) is 0.714. The van der Waals surface area contributed by atoms with E-state index in [1.807, 2.05) is 0 Å². The first-order valence-electron chi connectivity index (χ1n) is 4.55. The molecule has 2 heterocycles. The molecule has 3 N–H and O–H groups in total. The Morgan fingerprint density at radius 1 is 1.64 bits per heavy atom. The largest absolute Gasteiger partial charge is 0.334 e. The van der Waals surface area contributed by atoms with Gasteiger partial charge in [0.1, 0.15) is 0 Å². The van der Waals surface area contributed by atoms with Crippen LogP contribution in [0.1, 0.15) is 23.5 Å². The van der Waals surface area contributed by atoms with E-state index in [0.29, 0.717) is 6.54 Å². The first kappa shape index (κ1) is 9.07. The quantitative estimate of drug-likeness (QED) is 0.585. The summed E-state index contributed by atoms with van der Waals surface area (Å²) in [5.74, 6) is -0.0898. The monoisotopic (exact) mass is 196 g/mol. The van der Waals surface area contributed by atoms with E-state index in [2.05, 4.69) is 20.6 Å². The Labute approximate surface area is 80.6 Å². The van der Waals surface area contributed by atoms with Gasteiger partial charge in [0.2, 0.25) is 0 Å². The topological polar surface area (TPSA) is 101 Å². The van der Waals surface area contributed by atoms with Crippen molar-refractivity contribution in [3.63, 3.8) is 0 Å². The van der Waals surface area contributed by atoms with Gasteiger partial charge in [0.05, 0.1) is 0 Å². The van der Waals surface area contributed by atoms with Gasteiger partial charge in [-0.15, -0.1) is 10.2 Å². The second kappa shape index (κ2) is 3.70. The van der Waals surface area contributed by atoms with Crippen LogP contribution >= 0.6 is 0 Å². The Morgan fingerprint density at radius 3 is 3.14 bits per heavy atom. The molecule has 7 nitrogen and oxygen atoms in total. The third kappa shape index (κ3) is 1.72. The van der Waals surface area contributed by atoms with Crippen molar-refractivity contribution < 1.29 is 4.79 Å². The van der Waals surface area contributed by atoms with Crippen LogP contribution in [-0.2, 0) is 0 Å². The number of hydrogen-bond donors (Lipinski definition) is 2. The highest BCUT2D eigenvalue weighted by atomic mass is 16.2. The molecule has 0 spiro atoms. The van der Waals surface area contributed by atoms with Gasteiger partial charge in [-0.25, -0.2) is 0 Å². The third-order valence-corrected chi connectivity index (χ3v) is 2.28. The molecule has 1 fully saturated rings. The number of aromatic nitrogens is 4. The summed E-state index contributed by atoms with van der Waals surface area (Å²) in [6.45, 7) is 1.30. The molecule has 0 unspecified atom stereocenters. The number of amides is 1. The summed E-state index contributed by atoms with van der Waals surface area (Å²) in [7, 11) is 0. The Kier molecular flexibility index (Phi) is 2.40. The number of nitrogens with two attached hydrogens (primary N) is 1. The Bertz CT molecular complexity index is 310. The highest BCUT2D eigenvalue weighted by molar-refractivity contribution is 5.90. The van der Waals surface area contributed by atoms with Gasteiger partial charge in [-0.2, -0.15) is 5.21 Å². The molecule has 2 rings (SSSR count). The van der Waals surface area contributed by atoms with Gasteiger partial charge >= 0.3 is 0 Å². The van der Waals surface area contributed by atoms with Crippen LogP contribution in [0.3, 0.4) is 0 Å². The van der Waals surface area contributed by atoms with Crippen molar-refractivity contribution in [2.45, 2.75) is 18.9 Å². The first-order valence-corrected chi connectivity index (χ1v) is 4.55. The van der Waals surface area contributed by atoms with Crippen LogP contribution in [0.15, 0.2) is 0 Å². The van der Waals surface area contributed by atoms with E-state index in [1.165, 1.54) is 0 Å². The minimum absolute atomic E-state index is 0.0691. The molecule has 1 aliphatic heterocycles. The van der Waals surface area contributed by atoms with Crippen LogP contribution in [0.4, 0.5) is 0 Å². The lowest BCUT2D eigenvalue weighted by Gasteiger charge is -2.29. The van der Waals surface area contributed by atoms with E-state index in [0.717, 1.165) is 19.4 Å².